The summed E-state index contributed by atoms with van der Waals surface area (Å²) in [5, 5.41) is 14.6. The van der Waals surface area contributed by atoms with Crippen molar-refractivity contribution in [1.29, 1.82) is 0 Å². The topological polar surface area (TPSA) is 37.8 Å². The summed E-state index contributed by atoms with van der Waals surface area (Å²) in [6, 6.07) is 81.5. The number of benzene rings is 11. The lowest BCUT2D eigenvalue weighted by atomic mass is 9.98. The Hall–Kier alpha value is -8.80. The summed E-state index contributed by atoms with van der Waals surface area (Å²) in [7, 11) is 2.12. The molecule has 0 bridgehead atoms. The molecular formula is C62H41N5. The van der Waals surface area contributed by atoms with Crippen molar-refractivity contribution in [2.75, 3.05) is 7.05 Å². The van der Waals surface area contributed by atoms with E-state index in [4.69, 9.17) is 9.98 Å². The molecule has 11 aromatic carbocycles. The van der Waals surface area contributed by atoms with Crippen LogP contribution in [-0.2, 0) is 0 Å². The smallest absolute Gasteiger partial charge is 0.159 e. The van der Waals surface area contributed by atoms with E-state index >= 15 is 0 Å². The summed E-state index contributed by atoms with van der Waals surface area (Å²) in [6.07, 6.45) is -0.338. The van der Waals surface area contributed by atoms with Gasteiger partial charge in [0, 0.05) is 56.1 Å². The molecule has 0 N–H and O–H groups in total. The number of nitrogens with zero attached hydrogens (tertiary/aromatic N) is 5. The van der Waals surface area contributed by atoms with Crippen LogP contribution < -0.4 is 0 Å². The zero-order chi connectivity index (χ0) is 44.2. The summed E-state index contributed by atoms with van der Waals surface area (Å²) in [4.78, 5) is 13.1. The van der Waals surface area contributed by atoms with E-state index < -0.39 is 0 Å². The van der Waals surface area contributed by atoms with Crippen LogP contribution in [-0.4, -0.2) is 32.8 Å². The van der Waals surface area contributed by atoms with Crippen LogP contribution in [0.15, 0.2) is 234 Å². The second kappa shape index (κ2) is 14.6. The van der Waals surface area contributed by atoms with Crippen LogP contribution in [0.2, 0.25) is 0 Å². The second-order valence-corrected chi connectivity index (χ2v) is 17.8. The average molecular weight is 856 g/mol. The van der Waals surface area contributed by atoms with Crippen LogP contribution in [0.1, 0.15) is 22.9 Å². The molecule has 0 amide bonds. The highest BCUT2D eigenvalue weighted by atomic mass is 15.3. The van der Waals surface area contributed by atoms with Crippen LogP contribution >= 0.6 is 0 Å². The summed E-state index contributed by atoms with van der Waals surface area (Å²) in [5.74, 6) is 1.61. The molecule has 2 aromatic heterocycles. The predicted molar refractivity (Wildman–Crippen MR) is 282 cm³/mol. The van der Waals surface area contributed by atoms with E-state index in [0.717, 1.165) is 44.8 Å². The Bertz CT molecular complexity index is 4190. The van der Waals surface area contributed by atoms with Gasteiger partial charge in [0.1, 0.15) is 5.84 Å². The fourth-order valence-electron chi connectivity index (χ4n) is 11.0. The summed E-state index contributed by atoms with van der Waals surface area (Å²) in [5.41, 5.74) is 10.2. The molecule has 5 nitrogen and oxygen atoms in total. The molecule has 5 heteroatoms. The third-order valence-corrected chi connectivity index (χ3v) is 14.1. The van der Waals surface area contributed by atoms with Gasteiger partial charge < -0.3 is 14.0 Å². The van der Waals surface area contributed by atoms with Gasteiger partial charge in [0.15, 0.2) is 12.0 Å². The normalized spacial score (nSPS) is 14.3. The standard InChI is InChI=1S/C62H41N5/c1-65-61(40-17-3-2-4-18-40)63-60(43-34-35-45-42(36-43)33-32-39-16-5-6-20-44(39)45)64-62(65)51-26-14-25-47-46(51)24-15-31-57(47)67-56-29-12-9-23-50(56)53-38-52-41(37-59(53)67)19-13-30-58(52)66-54-27-10-7-21-48(54)49-22-8-11-28-55(49)66/h2-38,62H,1H3. The van der Waals surface area contributed by atoms with Crippen LogP contribution in [0.5, 0.6) is 0 Å². The Morgan fingerprint density at radius 1 is 0.343 bits per heavy atom. The molecular weight excluding hydrogens is 815 g/mol. The molecule has 3 heterocycles. The Morgan fingerprint density at radius 3 is 1.64 bits per heavy atom. The Labute approximate surface area is 386 Å². The first-order valence-corrected chi connectivity index (χ1v) is 23.0. The van der Waals surface area contributed by atoms with Crippen molar-refractivity contribution in [3.05, 3.63) is 241 Å². The number of fused-ring (bicyclic) bond motifs is 11. The molecule has 1 aliphatic heterocycles. The van der Waals surface area contributed by atoms with E-state index in [1.165, 1.54) is 81.6 Å². The number of hydrogen-bond acceptors (Lipinski definition) is 3. The van der Waals surface area contributed by atoms with Crippen molar-refractivity contribution in [2.24, 2.45) is 9.98 Å². The highest BCUT2D eigenvalue weighted by molar-refractivity contribution is 6.18. The Kier molecular flexibility index (Phi) is 8.19. The predicted octanol–water partition coefficient (Wildman–Crippen LogP) is 15.3. The molecule has 13 aromatic rings. The maximum absolute atomic E-state index is 5.54. The zero-order valence-electron chi connectivity index (χ0n) is 36.7. The van der Waals surface area contributed by atoms with E-state index in [0.29, 0.717) is 0 Å². The minimum absolute atomic E-state index is 0.338. The van der Waals surface area contributed by atoms with Crippen molar-refractivity contribution >= 4 is 98.4 Å². The zero-order valence-corrected chi connectivity index (χ0v) is 36.7. The van der Waals surface area contributed by atoms with Gasteiger partial charge in [-0.15, -0.1) is 0 Å². The third-order valence-electron chi connectivity index (χ3n) is 14.1. The lowest BCUT2D eigenvalue weighted by Crippen LogP contribution is -2.35. The van der Waals surface area contributed by atoms with E-state index in [1.807, 2.05) is 0 Å². The van der Waals surface area contributed by atoms with Crippen LogP contribution in [0.4, 0.5) is 0 Å². The first-order valence-electron chi connectivity index (χ1n) is 23.0. The van der Waals surface area contributed by atoms with E-state index in [-0.39, 0.29) is 6.17 Å². The molecule has 0 aliphatic carbocycles. The van der Waals surface area contributed by atoms with Gasteiger partial charge in [-0.25, -0.2) is 9.98 Å². The number of rotatable bonds is 5. The van der Waals surface area contributed by atoms with Gasteiger partial charge in [-0.3, -0.25) is 0 Å². The first kappa shape index (κ1) is 37.6. The fraction of sp³-hybridized carbons (Fsp3) is 0.0323. The molecule has 14 rings (SSSR count). The van der Waals surface area contributed by atoms with E-state index in [9.17, 15) is 0 Å². The molecule has 0 fully saturated rings. The molecule has 1 atom stereocenters. The minimum Gasteiger partial charge on any atom is -0.333 e. The Balaban J connectivity index is 0.955. The monoisotopic (exact) mass is 855 g/mol. The van der Waals surface area contributed by atoms with Gasteiger partial charge in [0.2, 0.25) is 0 Å². The minimum atomic E-state index is -0.338. The van der Waals surface area contributed by atoms with Crippen molar-refractivity contribution in [1.82, 2.24) is 14.0 Å². The van der Waals surface area contributed by atoms with Crippen LogP contribution in [0, 0.1) is 0 Å². The molecule has 1 unspecified atom stereocenters. The van der Waals surface area contributed by atoms with Crippen molar-refractivity contribution in [2.45, 2.75) is 6.17 Å². The quantitative estimate of drug-likeness (QED) is 0.159. The van der Waals surface area contributed by atoms with Gasteiger partial charge in [-0.05, 0) is 80.8 Å². The van der Waals surface area contributed by atoms with Crippen molar-refractivity contribution < 1.29 is 0 Å². The Morgan fingerprint density at radius 2 is 0.881 bits per heavy atom. The van der Waals surface area contributed by atoms with E-state index in [1.54, 1.807) is 0 Å². The number of aromatic nitrogens is 2. The van der Waals surface area contributed by atoms with Gasteiger partial charge >= 0.3 is 0 Å². The lowest BCUT2D eigenvalue weighted by Gasteiger charge is -2.33. The summed E-state index contributed by atoms with van der Waals surface area (Å²) in [6.45, 7) is 0. The largest absolute Gasteiger partial charge is 0.333 e. The maximum atomic E-state index is 5.54. The van der Waals surface area contributed by atoms with Gasteiger partial charge in [-0.1, -0.05) is 176 Å². The average Bonchev–Trinajstić information content (AvgIpc) is 3.90. The van der Waals surface area contributed by atoms with Gasteiger partial charge in [0.25, 0.3) is 0 Å². The molecule has 314 valence electrons. The number of hydrogen-bond donors (Lipinski definition) is 0. The van der Waals surface area contributed by atoms with Gasteiger partial charge in [-0.2, -0.15) is 0 Å². The van der Waals surface area contributed by atoms with Crippen molar-refractivity contribution in [3.8, 4) is 11.4 Å². The first-order chi connectivity index (χ1) is 33.2. The molecule has 0 saturated carbocycles. The van der Waals surface area contributed by atoms with E-state index in [2.05, 4.69) is 246 Å². The fourth-order valence-corrected chi connectivity index (χ4v) is 11.0. The molecule has 67 heavy (non-hydrogen) atoms. The second-order valence-electron chi connectivity index (χ2n) is 17.8. The van der Waals surface area contributed by atoms with Crippen molar-refractivity contribution in [3.63, 3.8) is 0 Å². The SMILES string of the molecule is CN1C(c2ccccc2)=NC(c2ccc3c(ccc4ccccc43)c2)=NC1c1cccc2c(-n3c4ccccc4c4cc5c(-n6c7ccccc7c7ccccc76)cccc5cc43)cccc12. The molecule has 1 aliphatic rings. The molecule has 0 saturated heterocycles. The number of para-hydroxylation sites is 3. The van der Waals surface area contributed by atoms with Crippen LogP contribution in [0.3, 0.4) is 0 Å². The summed E-state index contributed by atoms with van der Waals surface area (Å²) < 4.78 is 4.91. The van der Waals surface area contributed by atoms with Crippen LogP contribution in [0.25, 0.3) is 98.1 Å². The number of aliphatic imine (C=N–C) groups is 2. The molecule has 0 spiro atoms. The summed E-state index contributed by atoms with van der Waals surface area (Å²) >= 11 is 0. The lowest BCUT2D eigenvalue weighted by molar-refractivity contribution is 0.385. The highest BCUT2D eigenvalue weighted by Gasteiger charge is 2.29. The van der Waals surface area contributed by atoms with Gasteiger partial charge in [0.05, 0.1) is 33.4 Å². The maximum Gasteiger partial charge on any atom is 0.159 e. The third kappa shape index (κ3) is 5.68. The number of amidine groups is 2. The highest BCUT2D eigenvalue weighted by Crippen LogP contribution is 2.42. The molecule has 0 radical (unpaired) electrons.